The fourth-order valence-electron chi connectivity index (χ4n) is 1.78. The van der Waals surface area contributed by atoms with Crippen LogP contribution in [-0.4, -0.2) is 24.5 Å². The largest absolute Gasteiger partial charge is 0.303 e. The van der Waals surface area contributed by atoms with Gasteiger partial charge in [0.05, 0.1) is 0 Å². The van der Waals surface area contributed by atoms with Gasteiger partial charge >= 0.3 is 0 Å². The summed E-state index contributed by atoms with van der Waals surface area (Å²) in [6.45, 7) is 5.93. The van der Waals surface area contributed by atoms with Gasteiger partial charge in [-0.05, 0) is 32.4 Å². The van der Waals surface area contributed by atoms with Gasteiger partial charge in [-0.15, -0.1) is 0 Å². The molecule has 54 valence electrons. The summed E-state index contributed by atoms with van der Waals surface area (Å²) in [7, 11) is 2.23. The van der Waals surface area contributed by atoms with E-state index in [1.807, 2.05) is 0 Å². The highest BCUT2D eigenvalue weighted by Gasteiger charge is 2.22. The number of likely N-dealkylation sites (tertiary alicyclic amines) is 1. The maximum Gasteiger partial charge on any atom is 0.0116 e. The SMILES string of the molecule is CC(C)C1CCCN1C. The van der Waals surface area contributed by atoms with Crippen molar-refractivity contribution >= 4 is 0 Å². The zero-order valence-electron chi connectivity index (χ0n) is 6.72. The van der Waals surface area contributed by atoms with Crippen molar-refractivity contribution in [3.05, 3.63) is 0 Å². The molecule has 0 aliphatic carbocycles. The van der Waals surface area contributed by atoms with E-state index in [0.717, 1.165) is 12.0 Å². The molecule has 0 aromatic heterocycles. The molecule has 0 radical (unpaired) electrons. The molecule has 0 aromatic carbocycles. The Labute approximate surface area is 58.0 Å². The van der Waals surface area contributed by atoms with Crippen LogP contribution in [0, 0.1) is 5.92 Å². The summed E-state index contributed by atoms with van der Waals surface area (Å²) in [6.07, 6.45) is 2.81. The van der Waals surface area contributed by atoms with Crippen molar-refractivity contribution in [2.75, 3.05) is 13.6 Å². The van der Waals surface area contributed by atoms with E-state index in [4.69, 9.17) is 0 Å². The highest BCUT2D eigenvalue weighted by atomic mass is 15.1. The molecule has 0 saturated carbocycles. The van der Waals surface area contributed by atoms with Crippen LogP contribution in [0.15, 0.2) is 0 Å². The predicted octanol–water partition coefficient (Wildman–Crippen LogP) is 1.74. The third kappa shape index (κ3) is 1.45. The van der Waals surface area contributed by atoms with Crippen molar-refractivity contribution in [1.82, 2.24) is 4.90 Å². The lowest BCUT2D eigenvalue weighted by molar-refractivity contribution is 0.250. The number of hydrogen-bond acceptors (Lipinski definition) is 1. The standard InChI is InChI=1S/C8H17N/c1-7(2)8-5-4-6-9(8)3/h7-8H,4-6H2,1-3H3. The molecule has 1 fully saturated rings. The number of nitrogens with zero attached hydrogens (tertiary/aromatic N) is 1. The quantitative estimate of drug-likeness (QED) is 0.518. The lowest BCUT2D eigenvalue weighted by atomic mass is 10.0. The molecular formula is C8H17N. The topological polar surface area (TPSA) is 3.24 Å². The van der Waals surface area contributed by atoms with Gasteiger partial charge in [-0.2, -0.15) is 0 Å². The molecule has 1 aliphatic heterocycles. The number of hydrogen-bond donors (Lipinski definition) is 0. The van der Waals surface area contributed by atoms with Crippen molar-refractivity contribution in [3.8, 4) is 0 Å². The summed E-state index contributed by atoms with van der Waals surface area (Å²) in [5.41, 5.74) is 0. The van der Waals surface area contributed by atoms with Crippen LogP contribution in [0.3, 0.4) is 0 Å². The summed E-state index contributed by atoms with van der Waals surface area (Å²) in [6, 6.07) is 0.866. The van der Waals surface area contributed by atoms with Gasteiger partial charge in [0.25, 0.3) is 0 Å². The van der Waals surface area contributed by atoms with Crippen LogP contribution in [0.25, 0.3) is 0 Å². The average molecular weight is 127 g/mol. The van der Waals surface area contributed by atoms with Gasteiger partial charge in [0.15, 0.2) is 0 Å². The van der Waals surface area contributed by atoms with Crippen molar-refractivity contribution in [2.24, 2.45) is 5.92 Å². The van der Waals surface area contributed by atoms with Gasteiger partial charge in [-0.3, -0.25) is 0 Å². The van der Waals surface area contributed by atoms with Gasteiger partial charge < -0.3 is 4.90 Å². The zero-order valence-corrected chi connectivity index (χ0v) is 6.72. The molecule has 9 heavy (non-hydrogen) atoms. The summed E-state index contributed by atoms with van der Waals surface area (Å²) in [4.78, 5) is 2.48. The fraction of sp³-hybridized carbons (Fsp3) is 1.00. The van der Waals surface area contributed by atoms with Crippen molar-refractivity contribution in [2.45, 2.75) is 32.7 Å². The minimum atomic E-state index is 0.845. The van der Waals surface area contributed by atoms with E-state index in [2.05, 4.69) is 25.8 Å². The molecule has 1 rings (SSSR count). The Bertz CT molecular complexity index is 88.6. The summed E-state index contributed by atoms with van der Waals surface area (Å²) in [5, 5.41) is 0. The van der Waals surface area contributed by atoms with Gasteiger partial charge in [0, 0.05) is 6.04 Å². The monoisotopic (exact) mass is 127 g/mol. The van der Waals surface area contributed by atoms with Crippen LogP contribution >= 0.6 is 0 Å². The zero-order chi connectivity index (χ0) is 6.85. The first kappa shape index (κ1) is 7.07. The van der Waals surface area contributed by atoms with Crippen LogP contribution in [0.4, 0.5) is 0 Å². The summed E-state index contributed by atoms with van der Waals surface area (Å²) < 4.78 is 0. The first-order chi connectivity index (χ1) is 4.22. The van der Waals surface area contributed by atoms with E-state index >= 15 is 0 Å². The van der Waals surface area contributed by atoms with E-state index in [9.17, 15) is 0 Å². The van der Waals surface area contributed by atoms with Gasteiger partial charge in [0.2, 0.25) is 0 Å². The predicted molar refractivity (Wildman–Crippen MR) is 40.5 cm³/mol. The second-order valence-electron chi connectivity index (χ2n) is 3.43. The summed E-state index contributed by atoms with van der Waals surface area (Å²) >= 11 is 0. The molecule has 1 heteroatoms. The Morgan fingerprint density at radius 2 is 2.11 bits per heavy atom. The molecule has 0 N–H and O–H groups in total. The third-order valence-electron chi connectivity index (χ3n) is 2.35. The minimum absolute atomic E-state index is 0.845. The Kier molecular flexibility index (Phi) is 2.12. The normalized spacial score (nSPS) is 30.0. The van der Waals surface area contributed by atoms with Crippen LogP contribution in [-0.2, 0) is 0 Å². The highest BCUT2D eigenvalue weighted by molar-refractivity contribution is 4.78. The molecule has 1 atom stereocenters. The van der Waals surface area contributed by atoms with Crippen molar-refractivity contribution < 1.29 is 0 Å². The molecule has 0 amide bonds. The maximum atomic E-state index is 2.48. The Balaban J connectivity index is 2.40. The second kappa shape index (κ2) is 2.70. The molecule has 1 heterocycles. The second-order valence-corrected chi connectivity index (χ2v) is 3.43. The molecule has 1 nitrogen and oxygen atoms in total. The van der Waals surface area contributed by atoms with Crippen LogP contribution < -0.4 is 0 Å². The van der Waals surface area contributed by atoms with E-state index in [-0.39, 0.29) is 0 Å². The molecule has 0 bridgehead atoms. The molecule has 0 aromatic rings. The van der Waals surface area contributed by atoms with Crippen molar-refractivity contribution in [1.29, 1.82) is 0 Å². The number of rotatable bonds is 1. The van der Waals surface area contributed by atoms with E-state index in [1.165, 1.54) is 19.4 Å². The lowest BCUT2D eigenvalue weighted by Crippen LogP contribution is -2.29. The van der Waals surface area contributed by atoms with Crippen LogP contribution in [0.2, 0.25) is 0 Å². The Morgan fingerprint density at radius 1 is 1.44 bits per heavy atom. The van der Waals surface area contributed by atoms with E-state index in [0.29, 0.717) is 0 Å². The molecule has 1 unspecified atom stereocenters. The lowest BCUT2D eigenvalue weighted by Gasteiger charge is -2.22. The Hall–Kier alpha value is -0.0400. The van der Waals surface area contributed by atoms with E-state index in [1.54, 1.807) is 0 Å². The van der Waals surface area contributed by atoms with E-state index < -0.39 is 0 Å². The molecule has 1 saturated heterocycles. The first-order valence-electron chi connectivity index (χ1n) is 3.92. The van der Waals surface area contributed by atoms with Crippen LogP contribution in [0.1, 0.15) is 26.7 Å². The summed E-state index contributed by atoms with van der Waals surface area (Å²) in [5.74, 6) is 0.845. The average Bonchev–Trinajstić information content (AvgIpc) is 2.13. The smallest absolute Gasteiger partial charge is 0.0116 e. The van der Waals surface area contributed by atoms with Crippen molar-refractivity contribution in [3.63, 3.8) is 0 Å². The van der Waals surface area contributed by atoms with Gasteiger partial charge in [-0.25, -0.2) is 0 Å². The highest BCUT2D eigenvalue weighted by Crippen LogP contribution is 2.20. The Morgan fingerprint density at radius 3 is 2.33 bits per heavy atom. The van der Waals surface area contributed by atoms with Gasteiger partial charge in [-0.1, -0.05) is 13.8 Å². The van der Waals surface area contributed by atoms with Crippen LogP contribution in [0.5, 0.6) is 0 Å². The molecule has 1 aliphatic rings. The maximum absolute atomic E-state index is 2.48. The minimum Gasteiger partial charge on any atom is -0.303 e. The molecule has 0 spiro atoms. The molecular weight excluding hydrogens is 110 g/mol. The van der Waals surface area contributed by atoms with Gasteiger partial charge in [0.1, 0.15) is 0 Å². The third-order valence-corrected chi connectivity index (χ3v) is 2.35. The first-order valence-corrected chi connectivity index (χ1v) is 3.92. The fourth-order valence-corrected chi connectivity index (χ4v) is 1.78.